The molecule has 0 saturated heterocycles. The number of hydrogen-bond acceptors (Lipinski definition) is 2. The molecular formula is C10H9ClO2. The number of rotatable bonds is 0. The van der Waals surface area contributed by atoms with E-state index < -0.39 is 0 Å². The summed E-state index contributed by atoms with van der Waals surface area (Å²) in [4.78, 5) is 11.4. The third kappa shape index (κ3) is 1.13. The van der Waals surface area contributed by atoms with Crippen LogP contribution in [0.2, 0.25) is 5.02 Å². The molecule has 0 saturated carbocycles. The zero-order valence-electron chi connectivity index (χ0n) is 7.22. The third-order valence-electron chi connectivity index (χ3n) is 2.42. The molecule has 0 bridgehead atoms. The minimum absolute atomic E-state index is 0.00176. The molecule has 0 atom stereocenters. The van der Waals surface area contributed by atoms with E-state index in [0.29, 0.717) is 29.0 Å². The number of carbonyl (C=O) groups is 1. The fourth-order valence-electron chi connectivity index (χ4n) is 1.71. The van der Waals surface area contributed by atoms with Crippen LogP contribution in [0.3, 0.4) is 0 Å². The molecule has 13 heavy (non-hydrogen) atoms. The molecule has 0 spiro atoms. The number of aryl methyl sites for hydroxylation is 1. The summed E-state index contributed by atoms with van der Waals surface area (Å²) in [6.07, 6.45) is 1.12. The fraction of sp³-hybridized carbons (Fsp3) is 0.300. The first-order chi connectivity index (χ1) is 6.11. The minimum atomic E-state index is -0.00176. The van der Waals surface area contributed by atoms with Crippen LogP contribution < -0.4 is 0 Å². The number of fused-ring (bicyclic) bond motifs is 1. The number of aromatic hydroxyl groups is 1. The Morgan fingerprint density at radius 3 is 2.85 bits per heavy atom. The Morgan fingerprint density at radius 1 is 1.46 bits per heavy atom. The van der Waals surface area contributed by atoms with Crippen molar-refractivity contribution in [3.63, 3.8) is 0 Å². The number of hydrogen-bond donors (Lipinski definition) is 1. The van der Waals surface area contributed by atoms with Gasteiger partial charge in [-0.05, 0) is 30.5 Å². The highest BCUT2D eigenvalue weighted by Crippen LogP contribution is 2.37. The van der Waals surface area contributed by atoms with Crippen molar-refractivity contribution in [2.24, 2.45) is 0 Å². The normalized spacial score (nSPS) is 14.8. The van der Waals surface area contributed by atoms with Gasteiger partial charge in [-0.25, -0.2) is 0 Å². The molecule has 1 N–H and O–H groups in total. The molecule has 0 aromatic heterocycles. The van der Waals surface area contributed by atoms with Crippen LogP contribution >= 0.6 is 11.6 Å². The van der Waals surface area contributed by atoms with Crippen LogP contribution in [0.1, 0.15) is 27.9 Å². The Balaban J connectivity index is 2.77. The van der Waals surface area contributed by atoms with Crippen molar-refractivity contribution in [3.05, 3.63) is 27.8 Å². The van der Waals surface area contributed by atoms with Crippen LogP contribution in [0.15, 0.2) is 6.07 Å². The lowest BCUT2D eigenvalue weighted by molar-refractivity contribution is 0.0992. The van der Waals surface area contributed by atoms with Gasteiger partial charge in [0.15, 0.2) is 5.78 Å². The van der Waals surface area contributed by atoms with Crippen molar-refractivity contribution in [2.75, 3.05) is 0 Å². The SMILES string of the molecule is Cc1cc(Cl)c2c(c1O)C(=O)CC2. The molecular weight excluding hydrogens is 188 g/mol. The van der Waals surface area contributed by atoms with Gasteiger partial charge in [0.1, 0.15) is 5.75 Å². The van der Waals surface area contributed by atoms with E-state index in [2.05, 4.69) is 0 Å². The summed E-state index contributed by atoms with van der Waals surface area (Å²) in [6.45, 7) is 1.74. The van der Waals surface area contributed by atoms with Gasteiger partial charge in [0.2, 0.25) is 0 Å². The highest BCUT2D eigenvalue weighted by Gasteiger charge is 2.26. The second-order valence-electron chi connectivity index (χ2n) is 3.30. The molecule has 1 aliphatic rings. The third-order valence-corrected chi connectivity index (χ3v) is 2.76. The molecule has 68 valence electrons. The first-order valence-electron chi connectivity index (χ1n) is 4.15. The van der Waals surface area contributed by atoms with Gasteiger partial charge in [0.05, 0.1) is 5.56 Å². The van der Waals surface area contributed by atoms with E-state index in [1.807, 2.05) is 0 Å². The second kappa shape index (κ2) is 2.74. The van der Waals surface area contributed by atoms with Crippen molar-refractivity contribution in [1.29, 1.82) is 0 Å². The maximum Gasteiger partial charge on any atom is 0.167 e. The number of benzene rings is 1. The first kappa shape index (κ1) is 8.57. The standard InChI is InChI=1S/C10H9ClO2/c1-5-4-7(11)6-2-3-8(12)9(6)10(5)13/h4,13H,2-3H2,1H3. The molecule has 0 unspecified atom stereocenters. The quantitative estimate of drug-likeness (QED) is 0.692. The average Bonchev–Trinajstić information content (AvgIpc) is 2.44. The Morgan fingerprint density at radius 2 is 2.15 bits per heavy atom. The molecule has 2 nitrogen and oxygen atoms in total. The maximum atomic E-state index is 11.4. The summed E-state index contributed by atoms with van der Waals surface area (Å²) >= 11 is 5.95. The number of Topliss-reactive ketones (excluding diaryl/α,β-unsaturated/α-hetero) is 1. The van der Waals surface area contributed by atoms with Gasteiger partial charge in [-0.2, -0.15) is 0 Å². The Hall–Kier alpha value is -1.02. The van der Waals surface area contributed by atoms with Crippen molar-refractivity contribution in [1.82, 2.24) is 0 Å². The topological polar surface area (TPSA) is 37.3 Å². The van der Waals surface area contributed by atoms with Gasteiger partial charge in [0.25, 0.3) is 0 Å². The van der Waals surface area contributed by atoms with Gasteiger partial charge >= 0.3 is 0 Å². The number of phenolic OH excluding ortho intramolecular Hbond substituents is 1. The summed E-state index contributed by atoms with van der Waals surface area (Å²) in [5, 5.41) is 10.2. The lowest BCUT2D eigenvalue weighted by Crippen LogP contribution is -1.94. The van der Waals surface area contributed by atoms with Crippen molar-refractivity contribution in [2.45, 2.75) is 19.8 Å². The van der Waals surface area contributed by atoms with Crippen LogP contribution in [0.4, 0.5) is 0 Å². The van der Waals surface area contributed by atoms with E-state index in [0.717, 1.165) is 5.56 Å². The highest BCUT2D eigenvalue weighted by atomic mass is 35.5. The average molecular weight is 197 g/mol. The van der Waals surface area contributed by atoms with Gasteiger partial charge in [-0.3, -0.25) is 4.79 Å². The fourth-order valence-corrected chi connectivity index (χ4v) is 2.07. The number of phenols is 1. The molecule has 1 aromatic rings. The molecule has 1 aliphatic carbocycles. The molecule has 0 heterocycles. The van der Waals surface area contributed by atoms with Crippen LogP contribution in [-0.4, -0.2) is 10.9 Å². The summed E-state index contributed by atoms with van der Waals surface area (Å²) in [7, 11) is 0. The lowest BCUT2D eigenvalue weighted by atomic mass is 10.0. The summed E-state index contributed by atoms with van der Waals surface area (Å²) in [5.41, 5.74) is 1.90. The number of ketones is 1. The Labute approximate surface area is 81.1 Å². The first-order valence-corrected chi connectivity index (χ1v) is 4.53. The van der Waals surface area contributed by atoms with E-state index >= 15 is 0 Å². The number of carbonyl (C=O) groups excluding carboxylic acids is 1. The molecule has 0 aliphatic heterocycles. The van der Waals surface area contributed by atoms with Gasteiger partial charge in [-0.15, -0.1) is 0 Å². The van der Waals surface area contributed by atoms with Crippen LogP contribution in [0, 0.1) is 6.92 Å². The molecule has 2 rings (SSSR count). The molecule has 3 heteroatoms. The molecule has 0 fully saturated rings. The van der Waals surface area contributed by atoms with Crippen LogP contribution in [0.25, 0.3) is 0 Å². The minimum Gasteiger partial charge on any atom is -0.507 e. The van der Waals surface area contributed by atoms with Crippen molar-refractivity contribution in [3.8, 4) is 5.75 Å². The zero-order chi connectivity index (χ0) is 9.59. The van der Waals surface area contributed by atoms with Gasteiger partial charge in [-0.1, -0.05) is 11.6 Å². The van der Waals surface area contributed by atoms with E-state index in [9.17, 15) is 9.90 Å². The predicted molar refractivity (Wildman–Crippen MR) is 50.5 cm³/mol. The van der Waals surface area contributed by atoms with Crippen molar-refractivity contribution >= 4 is 17.4 Å². The molecule has 0 amide bonds. The van der Waals surface area contributed by atoms with Crippen molar-refractivity contribution < 1.29 is 9.90 Å². The largest absolute Gasteiger partial charge is 0.507 e. The Kier molecular flexibility index (Phi) is 1.81. The van der Waals surface area contributed by atoms with Crippen LogP contribution in [0.5, 0.6) is 5.75 Å². The molecule has 0 radical (unpaired) electrons. The van der Waals surface area contributed by atoms with E-state index in [-0.39, 0.29) is 11.5 Å². The highest BCUT2D eigenvalue weighted by molar-refractivity contribution is 6.32. The lowest BCUT2D eigenvalue weighted by Gasteiger charge is -2.06. The maximum absolute atomic E-state index is 11.4. The van der Waals surface area contributed by atoms with Crippen LogP contribution in [-0.2, 0) is 6.42 Å². The van der Waals surface area contributed by atoms with E-state index in [1.165, 1.54) is 0 Å². The van der Waals surface area contributed by atoms with Gasteiger partial charge in [0, 0.05) is 11.4 Å². The van der Waals surface area contributed by atoms with E-state index in [4.69, 9.17) is 11.6 Å². The Bertz CT molecular complexity index is 396. The number of halogens is 1. The van der Waals surface area contributed by atoms with Gasteiger partial charge < -0.3 is 5.11 Å². The summed E-state index contributed by atoms with van der Waals surface area (Å²) in [6, 6.07) is 1.70. The van der Waals surface area contributed by atoms with E-state index in [1.54, 1.807) is 13.0 Å². The molecule has 1 aromatic carbocycles. The predicted octanol–water partition coefficient (Wildman–Crippen LogP) is 2.48. The zero-order valence-corrected chi connectivity index (χ0v) is 7.98. The monoisotopic (exact) mass is 196 g/mol. The second-order valence-corrected chi connectivity index (χ2v) is 3.71. The summed E-state index contributed by atoms with van der Waals surface area (Å²) in [5.74, 6) is 0.0972. The summed E-state index contributed by atoms with van der Waals surface area (Å²) < 4.78 is 0. The smallest absolute Gasteiger partial charge is 0.167 e.